The van der Waals surface area contributed by atoms with Crippen LogP contribution in [0.5, 0.6) is 0 Å². The number of methoxy groups -OCH3 is 1. The summed E-state index contributed by atoms with van der Waals surface area (Å²) >= 11 is 0. The lowest BCUT2D eigenvalue weighted by atomic mass is 9.81. The number of nitrogens with zero attached hydrogens (tertiary/aromatic N) is 3. The number of carbonyl (C=O) groups is 2. The van der Waals surface area contributed by atoms with Gasteiger partial charge >= 0.3 is 12.1 Å². The van der Waals surface area contributed by atoms with E-state index in [1.54, 1.807) is 4.90 Å². The van der Waals surface area contributed by atoms with Gasteiger partial charge in [0.2, 0.25) is 0 Å². The molecule has 0 bridgehead atoms. The molecule has 5 rings (SSSR count). The first-order chi connectivity index (χ1) is 17.0. The maximum Gasteiger partial charge on any atom is 0.409 e. The lowest BCUT2D eigenvalue weighted by Crippen LogP contribution is -2.35. The SMILES string of the molecule is COC(=O)N1CCc2ccc3c(nc(C4CCC[C@H](C(=O)O)C4)n3[C@@H](C)Cc3ccccc3)c2C1. The molecule has 184 valence electrons. The molecule has 3 atom stereocenters. The molecule has 1 aliphatic carbocycles. The zero-order chi connectivity index (χ0) is 24.5. The number of amides is 1. The summed E-state index contributed by atoms with van der Waals surface area (Å²) in [6.07, 6.45) is 4.50. The molecule has 1 aliphatic heterocycles. The Kier molecular flexibility index (Phi) is 6.50. The van der Waals surface area contributed by atoms with Crippen LogP contribution < -0.4 is 0 Å². The first-order valence-electron chi connectivity index (χ1n) is 12.6. The molecular formula is C28H33N3O4. The fourth-order valence-corrected chi connectivity index (χ4v) is 5.94. The van der Waals surface area contributed by atoms with Crippen LogP contribution in [0.15, 0.2) is 42.5 Å². The van der Waals surface area contributed by atoms with E-state index in [0.717, 1.165) is 54.5 Å². The average molecular weight is 476 g/mol. The van der Waals surface area contributed by atoms with Crippen molar-refractivity contribution in [2.75, 3.05) is 13.7 Å². The predicted octanol–water partition coefficient (Wildman–Crippen LogP) is 5.32. The van der Waals surface area contributed by atoms with E-state index in [-0.39, 0.29) is 24.0 Å². The second-order valence-electron chi connectivity index (χ2n) is 9.99. The first kappa shape index (κ1) is 23.4. The lowest BCUT2D eigenvalue weighted by molar-refractivity contribution is -0.143. The van der Waals surface area contributed by atoms with Gasteiger partial charge in [-0.1, -0.05) is 42.8 Å². The van der Waals surface area contributed by atoms with Crippen LogP contribution in [0, 0.1) is 5.92 Å². The third-order valence-electron chi connectivity index (χ3n) is 7.73. The third kappa shape index (κ3) is 4.51. The molecule has 35 heavy (non-hydrogen) atoms. The van der Waals surface area contributed by atoms with Crippen molar-refractivity contribution < 1.29 is 19.4 Å². The number of carbonyl (C=O) groups excluding carboxylic acids is 1. The van der Waals surface area contributed by atoms with E-state index in [4.69, 9.17) is 9.72 Å². The number of aromatic nitrogens is 2. The second kappa shape index (κ2) is 9.72. The summed E-state index contributed by atoms with van der Waals surface area (Å²) in [7, 11) is 1.42. The second-order valence-corrected chi connectivity index (χ2v) is 9.99. The highest BCUT2D eigenvalue weighted by molar-refractivity contribution is 5.82. The lowest BCUT2D eigenvalue weighted by Gasteiger charge is -2.28. The number of benzene rings is 2. The summed E-state index contributed by atoms with van der Waals surface area (Å²) in [6, 6.07) is 14.9. The number of ether oxygens (including phenoxy) is 1. The molecule has 0 saturated heterocycles. The average Bonchev–Trinajstić information content (AvgIpc) is 3.29. The molecule has 1 fully saturated rings. The Morgan fingerprint density at radius 3 is 2.71 bits per heavy atom. The van der Waals surface area contributed by atoms with E-state index in [9.17, 15) is 14.7 Å². The monoisotopic (exact) mass is 475 g/mol. The number of hydrogen-bond donors (Lipinski definition) is 1. The zero-order valence-electron chi connectivity index (χ0n) is 20.4. The Morgan fingerprint density at radius 1 is 1.17 bits per heavy atom. The van der Waals surface area contributed by atoms with Crippen LogP contribution in [-0.4, -0.2) is 45.3 Å². The van der Waals surface area contributed by atoms with Gasteiger partial charge in [-0.2, -0.15) is 0 Å². The molecule has 1 N–H and O–H groups in total. The Bertz CT molecular complexity index is 1240. The largest absolute Gasteiger partial charge is 0.481 e. The highest BCUT2D eigenvalue weighted by atomic mass is 16.5. The molecule has 7 nitrogen and oxygen atoms in total. The fraction of sp³-hybridized carbons (Fsp3) is 0.464. The maximum atomic E-state index is 12.3. The molecule has 2 aliphatic rings. The Morgan fingerprint density at radius 2 is 1.97 bits per heavy atom. The Labute approximate surface area is 205 Å². The molecule has 3 aromatic rings. The summed E-state index contributed by atoms with van der Waals surface area (Å²) in [6.45, 7) is 3.33. The van der Waals surface area contributed by atoms with Gasteiger partial charge in [-0.3, -0.25) is 4.79 Å². The number of carboxylic acid groups (broad SMARTS) is 1. The number of rotatable bonds is 5. The standard InChI is InChI=1S/C28H33N3O4/c1-18(15-19-7-4-3-5-8-19)31-24-12-11-20-13-14-30(28(34)35-2)17-23(20)25(24)29-26(31)21-9-6-10-22(16-21)27(32)33/h3-5,7-8,11-12,18,21-22H,6,9-10,13-17H2,1-2H3,(H,32,33)/t18-,21?,22-/m0/s1. The van der Waals surface area contributed by atoms with E-state index in [0.29, 0.717) is 19.5 Å². The first-order valence-corrected chi connectivity index (χ1v) is 12.6. The van der Waals surface area contributed by atoms with Crippen LogP contribution >= 0.6 is 0 Å². The quantitative estimate of drug-likeness (QED) is 0.540. The van der Waals surface area contributed by atoms with Crippen molar-refractivity contribution in [3.05, 3.63) is 65.0 Å². The van der Waals surface area contributed by atoms with Crippen LogP contribution in [0.25, 0.3) is 11.0 Å². The number of imidazole rings is 1. The van der Waals surface area contributed by atoms with Gasteiger partial charge in [0.25, 0.3) is 0 Å². The molecule has 1 saturated carbocycles. The summed E-state index contributed by atoms with van der Waals surface area (Å²) < 4.78 is 7.33. The minimum atomic E-state index is -0.708. The number of carboxylic acids is 1. The van der Waals surface area contributed by atoms with Crippen LogP contribution in [-0.2, 0) is 28.9 Å². The molecule has 1 amide bonds. The van der Waals surface area contributed by atoms with Crippen molar-refractivity contribution in [1.29, 1.82) is 0 Å². The van der Waals surface area contributed by atoms with E-state index in [1.165, 1.54) is 18.2 Å². The molecule has 2 heterocycles. The molecule has 1 unspecified atom stereocenters. The van der Waals surface area contributed by atoms with E-state index in [2.05, 4.69) is 47.9 Å². The Hall–Kier alpha value is -3.35. The molecule has 7 heteroatoms. The minimum Gasteiger partial charge on any atom is -0.481 e. The van der Waals surface area contributed by atoms with Crippen molar-refractivity contribution in [1.82, 2.24) is 14.5 Å². The molecule has 2 aromatic carbocycles. The Balaban J connectivity index is 1.60. The maximum absolute atomic E-state index is 12.3. The van der Waals surface area contributed by atoms with E-state index >= 15 is 0 Å². The van der Waals surface area contributed by atoms with Gasteiger partial charge in [-0.15, -0.1) is 0 Å². The van der Waals surface area contributed by atoms with Crippen LogP contribution in [0.1, 0.15) is 67.1 Å². The van der Waals surface area contributed by atoms with Crippen molar-refractivity contribution in [3.8, 4) is 0 Å². The van der Waals surface area contributed by atoms with Gasteiger partial charge in [0.15, 0.2) is 0 Å². The van der Waals surface area contributed by atoms with Gasteiger partial charge in [0.05, 0.1) is 30.6 Å². The molecule has 0 spiro atoms. The third-order valence-corrected chi connectivity index (χ3v) is 7.73. The molecule has 1 aromatic heterocycles. The minimum absolute atomic E-state index is 0.103. The van der Waals surface area contributed by atoms with Crippen molar-refractivity contribution in [3.63, 3.8) is 0 Å². The van der Waals surface area contributed by atoms with Gasteiger partial charge in [0, 0.05) is 24.1 Å². The zero-order valence-corrected chi connectivity index (χ0v) is 20.4. The number of aliphatic carboxylic acids is 1. The van der Waals surface area contributed by atoms with Crippen molar-refractivity contribution in [2.24, 2.45) is 5.92 Å². The van der Waals surface area contributed by atoms with Crippen molar-refractivity contribution in [2.45, 2.75) is 64.0 Å². The van der Waals surface area contributed by atoms with Gasteiger partial charge < -0.3 is 19.3 Å². The van der Waals surface area contributed by atoms with Crippen molar-refractivity contribution >= 4 is 23.1 Å². The highest BCUT2D eigenvalue weighted by Gasteiger charge is 2.33. The van der Waals surface area contributed by atoms with E-state index < -0.39 is 5.97 Å². The summed E-state index contributed by atoms with van der Waals surface area (Å²) in [5.74, 6) is 0.0559. The summed E-state index contributed by atoms with van der Waals surface area (Å²) in [5.41, 5.74) is 5.55. The smallest absolute Gasteiger partial charge is 0.409 e. The summed E-state index contributed by atoms with van der Waals surface area (Å²) in [5, 5.41) is 9.70. The van der Waals surface area contributed by atoms with E-state index in [1.807, 2.05) is 6.07 Å². The molecular weight excluding hydrogens is 442 g/mol. The van der Waals surface area contributed by atoms with Crippen LogP contribution in [0.3, 0.4) is 0 Å². The summed E-state index contributed by atoms with van der Waals surface area (Å²) in [4.78, 5) is 31.0. The predicted molar refractivity (Wildman–Crippen MR) is 133 cm³/mol. The highest BCUT2D eigenvalue weighted by Crippen LogP contribution is 2.40. The van der Waals surface area contributed by atoms with Gasteiger partial charge in [-0.05, 0) is 56.2 Å². The number of fused-ring (bicyclic) bond motifs is 3. The fourth-order valence-electron chi connectivity index (χ4n) is 5.94. The van der Waals surface area contributed by atoms with Gasteiger partial charge in [0.1, 0.15) is 5.82 Å². The topological polar surface area (TPSA) is 84.7 Å². The van der Waals surface area contributed by atoms with Gasteiger partial charge in [-0.25, -0.2) is 9.78 Å². The normalized spacial score (nSPS) is 20.9. The number of hydrogen-bond acceptors (Lipinski definition) is 4. The molecule has 0 radical (unpaired) electrons. The van der Waals surface area contributed by atoms with Crippen LogP contribution in [0.2, 0.25) is 0 Å². The van der Waals surface area contributed by atoms with Crippen LogP contribution in [0.4, 0.5) is 4.79 Å².